The van der Waals surface area contributed by atoms with Crippen LogP contribution in [0.25, 0.3) is 0 Å². The number of carbonyl (C=O) groups excluding carboxylic acids is 4. The number of aromatic carboxylic acids is 4. The molecule has 0 saturated carbocycles. The van der Waals surface area contributed by atoms with Crippen molar-refractivity contribution in [3.8, 4) is 0 Å². The molecule has 0 N–H and O–H groups in total. The third-order valence-electron chi connectivity index (χ3n) is 2.67. The van der Waals surface area contributed by atoms with Gasteiger partial charge in [0.05, 0.1) is 23.9 Å². The summed E-state index contributed by atoms with van der Waals surface area (Å²) in [6.45, 7) is 0. The number of benzene rings is 2. The predicted molar refractivity (Wildman–Crippen MR) is 76.0 cm³/mol. The van der Waals surface area contributed by atoms with Crippen LogP contribution in [0.3, 0.4) is 0 Å². The number of carboxylic acids is 4. The quantitative estimate of drug-likeness (QED) is 0.363. The molecule has 2 rings (SSSR count). The first-order chi connectivity index (χ1) is 11.2. The van der Waals surface area contributed by atoms with Crippen molar-refractivity contribution in [2.45, 2.75) is 0 Å². The summed E-state index contributed by atoms with van der Waals surface area (Å²) in [5, 5.41) is 41.0. The third kappa shape index (κ3) is 7.09. The van der Waals surface area contributed by atoms with Gasteiger partial charge in [-0.05, 0) is 34.4 Å². The Labute approximate surface area is 160 Å². The molecular weight excluding hydrogens is 529 g/mol. The molecule has 0 atom stereocenters. The normalized spacial score (nSPS) is 8.96. The van der Waals surface area contributed by atoms with Crippen molar-refractivity contribution >= 4 is 50.1 Å². The maximum atomic E-state index is 10.3. The fourth-order valence-corrected chi connectivity index (χ4v) is 1.55. The molecule has 0 bridgehead atoms. The minimum Gasteiger partial charge on any atom is -0.545 e. The zero-order chi connectivity index (χ0) is 18.3. The van der Waals surface area contributed by atoms with Gasteiger partial charge in [0.25, 0.3) is 0 Å². The van der Waals surface area contributed by atoms with E-state index in [0.29, 0.717) is 0 Å². The van der Waals surface area contributed by atoms with Gasteiger partial charge >= 0.3 is 0 Å². The van der Waals surface area contributed by atoms with Crippen LogP contribution in [0.1, 0.15) is 41.4 Å². The minimum absolute atomic E-state index is 0. The van der Waals surface area contributed by atoms with Crippen LogP contribution in [0.5, 0.6) is 0 Å². The van der Waals surface area contributed by atoms with E-state index < -0.39 is 23.9 Å². The van der Waals surface area contributed by atoms with Gasteiger partial charge in [0.2, 0.25) is 0 Å². The molecule has 0 saturated heterocycles. The van der Waals surface area contributed by atoms with Gasteiger partial charge in [-0.2, -0.15) is 0 Å². The molecule has 0 fully saturated rings. The molecule has 8 nitrogen and oxygen atoms in total. The zero-order valence-electron chi connectivity index (χ0n) is 12.3. The standard InChI is InChI=1S/2C8H6O4.Bi/c2*9-7(10)5-2-1-3-6(4-5)8(11)12;/h2*1-4H,(H,9,10)(H,11,12);/p-4. The second-order valence-corrected chi connectivity index (χ2v) is 4.31. The Bertz CT molecular complexity index is 674. The van der Waals surface area contributed by atoms with E-state index in [2.05, 4.69) is 0 Å². The average molecular weight is 537 g/mol. The topological polar surface area (TPSA) is 161 Å². The monoisotopic (exact) mass is 537 g/mol. The summed E-state index contributed by atoms with van der Waals surface area (Å²) in [5.41, 5.74) is -0.679. The summed E-state index contributed by atoms with van der Waals surface area (Å²) in [4.78, 5) is 41.0. The number of carboxylic acid groups (broad SMARTS) is 4. The van der Waals surface area contributed by atoms with E-state index in [-0.39, 0.29) is 48.5 Å². The van der Waals surface area contributed by atoms with Gasteiger partial charge in [-0.1, -0.05) is 36.4 Å². The molecule has 129 valence electrons. The molecule has 2 aromatic carbocycles. The van der Waals surface area contributed by atoms with Crippen LogP contribution in [0.15, 0.2) is 48.5 Å². The molecule has 0 heterocycles. The average Bonchev–Trinajstić information content (AvgIpc) is 2.55. The molecule has 0 aliphatic carbocycles. The van der Waals surface area contributed by atoms with Crippen LogP contribution in [0, 0.1) is 0 Å². The van der Waals surface area contributed by atoms with Crippen LogP contribution < -0.4 is 20.4 Å². The first-order valence-electron chi connectivity index (χ1n) is 6.28. The fourth-order valence-electron chi connectivity index (χ4n) is 1.55. The van der Waals surface area contributed by atoms with Gasteiger partial charge in [0, 0.05) is 26.2 Å². The molecule has 0 spiro atoms. The molecule has 9 heteroatoms. The first kappa shape index (κ1) is 22.2. The van der Waals surface area contributed by atoms with Gasteiger partial charge in [-0.25, -0.2) is 0 Å². The molecule has 0 aliphatic heterocycles. The van der Waals surface area contributed by atoms with Crippen molar-refractivity contribution in [1.29, 1.82) is 0 Å². The molecule has 0 aliphatic rings. The summed E-state index contributed by atoms with van der Waals surface area (Å²) in [5.74, 6) is -5.62. The first-order valence-corrected chi connectivity index (χ1v) is 6.28. The molecule has 0 unspecified atom stereocenters. The van der Waals surface area contributed by atoms with E-state index in [0.717, 1.165) is 12.1 Å². The maximum Gasteiger partial charge on any atom is 0.0715 e. The van der Waals surface area contributed by atoms with Crippen molar-refractivity contribution in [1.82, 2.24) is 0 Å². The van der Waals surface area contributed by atoms with Crippen molar-refractivity contribution in [2.24, 2.45) is 0 Å². The van der Waals surface area contributed by atoms with E-state index in [1.807, 2.05) is 0 Å². The third-order valence-corrected chi connectivity index (χ3v) is 2.67. The fraction of sp³-hybridized carbons (Fsp3) is 0. The summed E-state index contributed by atoms with van der Waals surface area (Å²) >= 11 is 0. The summed E-state index contributed by atoms with van der Waals surface area (Å²) in [6.07, 6.45) is 0. The van der Waals surface area contributed by atoms with Gasteiger partial charge < -0.3 is 39.6 Å². The Balaban J connectivity index is 0.000000443. The van der Waals surface area contributed by atoms with Gasteiger partial charge in [0.15, 0.2) is 0 Å². The number of rotatable bonds is 4. The summed E-state index contributed by atoms with van der Waals surface area (Å²) in [6, 6.07) is 9.62. The Morgan fingerprint density at radius 3 is 0.880 bits per heavy atom. The van der Waals surface area contributed by atoms with Gasteiger partial charge in [-0.15, -0.1) is 0 Å². The van der Waals surface area contributed by atoms with Crippen LogP contribution in [-0.2, 0) is 0 Å². The van der Waals surface area contributed by atoms with Crippen molar-refractivity contribution in [3.63, 3.8) is 0 Å². The number of carbonyl (C=O) groups is 4. The molecule has 0 amide bonds. The van der Waals surface area contributed by atoms with E-state index in [4.69, 9.17) is 0 Å². The summed E-state index contributed by atoms with van der Waals surface area (Å²) < 4.78 is 0. The number of hydrogen-bond donors (Lipinski definition) is 0. The van der Waals surface area contributed by atoms with E-state index in [1.54, 1.807) is 0 Å². The largest absolute Gasteiger partial charge is 0.545 e. The molecule has 25 heavy (non-hydrogen) atoms. The van der Waals surface area contributed by atoms with Crippen molar-refractivity contribution < 1.29 is 39.6 Å². The molecule has 3 radical (unpaired) electrons. The Morgan fingerprint density at radius 1 is 0.520 bits per heavy atom. The molecular formula is C16H8BiO8-4. The molecule has 2 aromatic rings. The van der Waals surface area contributed by atoms with Gasteiger partial charge in [-0.3, -0.25) is 0 Å². The molecule has 0 aromatic heterocycles. The van der Waals surface area contributed by atoms with Crippen LogP contribution >= 0.6 is 0 Å². The van der Waals surface area contributed by atoms with Gasteiger partial charge in [0.1, 0.15) is 0 Å². The Kier molecular flexibility index (Phi) is 9.01. The number of hydrogen-bond acceptors (Lipinski definition) is 8. The second kappa shape index (κ2) is 10.1. The van der Waals surface area contributed by atoms with Crippen LogP contribution in [0.2, 0.25) is 0 Å². The van der Waals surface area contributed by atoms with E-state index >= 15 is 0 Å². The van der Waals surface area contributed by atoms with Crippen LogP contribution in [-0.4, -0.2) is 50.1 Å². The van der Waals surface area contributed by atoms with Crippen molar-refractivity contribution in [3.05, 3.63) is 70.8 Å². The van der Waals surface area contributed by atoms with Crippen molar-refractivity contribution in [2.75, 3.05) is 0 Å². The van der Waals surface area contributed by atoms with E-state index in [1.165, 1.54) is 36.4 Å². The summed E-state index contributed by atoms with van der Waals surface area (Å²) in [7, 11) is 0. The minimum atomic E-state index is -1.40. The Morgan fingerprint density at radius 2 is 0.720 bits per heavy atom. The van der Waals surface area contributed by atoms with Crippen LogP contribution in [0.4, 0.5) is 0 Å². The smallest absolute Gasteiger partial charge is 0.0715 e. The SMILES string of the molecule is O=C([O-])c1cccc(C(=O)[O-])c1.O=C([O-])c1cccc(C(=O)[O-])c1.[Bi]. The Hall–Kier alpha value is -2.80. The second-order valence-electron chi connectivity index (χ2n) is 4.31. The van der Waals surface area contributed by atoms with E-state index in [9.17, 15) is 39.6 Å². The maximum absolute atomic E-state index is 10.3. The zero-order valence-corrected chi connectivity index (χ0v) is 15.8. The predicted octanol–water partition coefficient (Wildman–Crippen LogP) is -3.55.